The molecule has 0 N–H and O–H groups in total. The van der Waals surface area contributed by atoms with Crippen molar-refractivity contribution < 1.29 is 23.3 Å². The van der Waals surface area contributed by atoms with Crippen molar-refractivity contribution in [2.75, 3.05) is 14.2 Å². The highest BCUT2D eigenvalue weighted by atomic mass is 35.5. The van der Waals surface area contributed by atoms with E-state index in [1.54, 1.807) is 44.3 Å². The minimum absolute atomic E-state index is 0.156. The van der Waals surface area contributed by atoms with E-state index in [1.165, 1.54) is 12.0 Å². The molecular formula is C19H17ClN2O5. The number of aromatic nitrogens is 1. The first kappa shape index (κ1) is 18.7. The second-order valence-electron chi connectivity index (χ2n) is 5.92. The number of rotatable bonds is 5. The van der Waals surface area contributed by atoms with Crippen molar-refractivity contribution in [3.05, 3.63) is 64.2 Å². The Hall–Kier alpha value is -3.06. The summed E-state index contributed by atoms with van der Waals surface area (Å²) in [6.07, 6.45) is 0. The Balaban J connectivity index is 1.74. The number of nitrogens with zero attached hydrogens (tertiary/aromatic N) is 2. The van der Waals surface area contributed by atoms with Crippen molar-refractivity contribution in [3.63, 3.8) is 0 Å². The maximum absolute atomic E-state index is 12.6. The standard InChI is InChI=1S/C19H17ClN2O5/c1-11-15(19(24)25-3)8-14(26-11)10-22(2)18(23)16-9-17(27-21-16)12-5-4-6-13(20)7-12/h4-9H,10H2,1-3H3. The summed E-state index contributed by atoms with van der Waals surface area (Å²) in [6.45, 7) is 1.82. The zero-order valence-electron chi connectivity index (χ0n) is 15.0. The number of hydrogen-bond donors (Lipinski definition) is 0. The van der Waals surface area contributed by atoms with Crippen molar-refractivity contribution in [2.24, 2.45) is 0 Å². The van der Waals surface area contributed by atoms with E-state index in [4.69, 9.17) is 25.3 Å². The smallest absolute Gasteiger partial charge is 0.341 e. The summed E-state index contributed by atoms with van der Waals surface area (Å²) in [5.41, 5.74) is 1.21. The fourth-order valence-electron chi connectivity index (χ4n) is 2.59. The first-order chi connectivity index (χ1) is 12.9. The minimum atomic E-state index is -0.487. The molecule has 2 aromatic heterocycles. The Morgan fingerprint density at radius 2 is 2.04 bits per heavy atom. The van der Waals surface area contributed by atoms with E-state index in [0.29, 0.717) is 27.9 Å². The zero-order chi connectivity index (χ0) is 19.6. The van der Waals surface area contributed by atoms with Crippen LogP contribution >= 0.6 is 11.6 Å². The number of carbonyl (C=O) groups excluding carboxylic acids is 2. The van der Waals surface area contributed by atoms with Gasteiger partial charge < -0.3 is 18.6 Å². The molecule has 0 fully saturated rings. The molecule has 27 heavy (non-hydrogen) atoms. The molecule has 0 radical (unpaired) electrons. The highest BCUT2D eigenvalue weighted by molar-refractivity contribution is 6.30. The van der Waals surface area contributed by atoms with E-state index >= 15 is 0 Å². The molecular weight excluding hydrogens is 372 g/mol. The highest BCUT2D eigenvalue weighted by Crippen LogP contribution is 2.24. The average Bonchev–Trinajstić information content (AvgIpc) is 3.27. The molecule has 0 aliphatic rings. The van der Waals surface area contributed by atoms with Crippen LogP contribution in [0.4, 0.5) is 0 Å². The van der Waals surface area contributed by atoms with Crippen molar-refractivity contribution in [1.82, 2.24) is 10.1 Å². The summed E-state index contributed by atoms with van der Waals surface area (Å²) in [5.74, 6) is 0.501. The van der Waals surface area contributed by atoms with Gasteiger partial charge in [0, 0.05) is 23.7 Å². The zero-order valence-corrected chi connectivity index (χ0v) is 15.7. The third-order valence-corrected chi connectivity index (χ3v) is 4.19. The SMILES string of the molecule is COC(=O)c1cc(CN(C)C(=O)c2cc(-c3cccc(Cl)c3)on2)oc1C. The molecule has 1 aromatic carbocycles. The van der Waals surface area contributed by atoms with Crippen LogP contribution in [0.3, 0.4) is 0 Å². The van der Waals surface area contributed by atoms with Crippen molar-refractivity contribution >= 4 is 23.5 Å². The van der Waals surface area contributed by atoms with Crippen LogP contribution < -0.4 is 0 Å². The van der Waals surface area contributed by atoms with Gasteiger partial charge in [-0.1, -0.05) is 28.9 Å². The molecule has 0 unspecified atom stereocenters. The van der Waals surface area contributed by atoms with Crippen LogP contribution in [0, 0.1) is 6.92 Å². The number of furan rings is 1. The molecule has 0 saturated heterocycles. The van der Waals surface area contributed by atoms with Crippen LogP contribution in [-0.2, 0) is 11.3 Å². The van der Waals surface area contributed by atoms with E-state index < -0.39 is 5.97 Å². The van der Waals surface area contributed by atoms with Crippen LogP contribution in [0.15, 0.2) is 45.3 Å². The highest BCUT2D eigenvalue weighted by Gasteiger charge is 2.21. The molecule has 8 heteroatoms. The molecule has 3 rings (SSSR count). The number of methoxy groups -OCH3 is 1. The largest absolute Gasteiger partial charge is 0.465 e. The Morgan fingerprint density at radius 1 is 1.26 bits per heavy atom. The second-order valence-corrected chi connectivity index (χ2v) is 6.36. The van der Waals surface area contributed by atoms with Gasteiger partial charge in [-0.25, -0.2) is 4.79 Å². The molecule has 2 heterocycles. The van der Waals surface area contributed by atoms with Gasteiger partial charge in [-0.2, -0.15) is 0 Å². The normalized spacial score (nSPS) is 10.7. The van der Waals surface area contributed by atoms with Gasteiger partial charge in [0.25, 0.3) is 5.91 Å². The third-order valence-electron chi connectivity index (χ3n) is 3.95. The number of ether oxygens (including phenoxy) is 1. The Labute approximate surface area is 160 Å². The van der Waals surface area contributed by atoms with Gasteiger partial charge in [-0.05, 0) is 25.1 Å². The minimum Gasteiger partial charge on any atom is -0.465 e. The fourth-order valence-corrected chi connectivity index (χ4v) is 2.78. The van der Waals surface area contributed by atoms with E-state index in [9.17, 15) is 9.59 Å². The van der Waals surface area contributed by atoms with Crippen LogP contribution in [0.2, 0.25) is 5.02 Å². The van der Waals surface area contributed by atoms with Gasteiger partial charge in [0.2, 0.25) is 0 Å². The number of halogens is 1. The fraction of sp³-hybridized carbons (Fsp3) is 0.211. The van der Waals surface area contributed by atoms with Crippen LogP contribution in [0.1, 0.15) is 32.4 Å². The first-order valence-electron chi connectivity index (χ1n) is 8.04. The van der Waals surface area contributed by atoms with Gasteiger partial charge in [-0.3, -0.25) is 4.79 Å². The summed E-state index contributed by atoms with van der Waals surface area (Å²) in [6, 6.07) is 10.2. The van der Waals surface area contributed by atoms with Crippen molar-refractivity contribution in [2.45, 2.75) is 13.5 Å². The molecule has 0 spiro atoms. The lowest BCUT2D eigenvalue weighted by Crippen LogP contribution is -2.26. The van der Waals surface area contributed by atoms with Crippen LogP contribution in [0.5, 0.6) is 0 Å². The first-order valence-corrected chi connectivity index (χ1v) is 8.42. The predicted molar refractivity (Wildman–Crippen MR) is 97.5 cm³/mol. The Morgan fingerprint density at radius 3 is 2.74 bits per heavy atom. The number of carbonyl (C=O) groups is 2. The topological polar surface area (TPSA) is 85.8 Å². The van der Waals surface area contributed by atoms with E-state index in [-0.39, 0.29) is 18.1 Å². The van der Waals surface area contributed by atoms with Gasteiger partial charge >= 0.3 is 5.97 Å². The lowest BCUT2D eigenvalue weighted by atomic mass is 10.1. The number of amides is 1. The third kappa shape index (κ3) is 4.03. The van der Waals surface area contributed by atoms with Gasteiger partial charge in [0.05, 0.1) is 13.7 Å². The van der Waals surface area contributed by atoms with Gasteiger partial charge in [-0.15, -0.1) is 0 Å². The summed E-state index contributed by atoms with van der Waals surface area (Å²) in [7, 11) is 2.90. The lowest BCUT2D eigenvalue weighted by molar-refractivity contribution is 0.0598. The molecule has 0 aliphatic heterocycles. The number of benzene rings is 1. The molecule has 140 valence electrons. The lowest BCUT2D eigenvalue weighted by Gasteiger charge is -2.13. The molecule has 0 bridgehead atoms. The van der Waals surface area contributed by atoms with Gasteiger partial charge in [0.15, 0.2) is 11.5 Å². The summed E-state index contributed by atoms with van der Waals surface area (Å²) in [5, 5.41) is 4.39. The number of esters is 1. The molecule has 0 aliphatic carbocycles. The second kappa shape index (κ2) is 7.67. The average molecular weight is 389 g/mol. The number of hydrogen-bond acceptors (Lipinski definition) is 6. The maximum Gasteiger partial charge on any atom is 0.341 e. The molecule has 3 aromatic rings. The molecule has 0 atom stereocenters. The van der Waals surface area contributed by atoms with Gasteiger partial charge in [0.1, 0.15) is 17.1 Å². The van der Waals surface area contributed by atoms with E-state index in [1.807, 2.05) is 6.07 Å². The van der Waals surface area contributed by atoms with E-state index in [0.717, 1.165) is 5.56 Å². The Kier molecular flexibility index (Phi) is 5.32. The van der Waals surface area contributed by atoms with Crippen molar-refractivity contribution in [3.8, 4) is 11.3 Å². The predicted octanol–water partition coefficient (Wildman–Crippen LogP) is 3.96. The molecule has 0 saturated carbocycles. The van der Waals surface area contributed by atoms with Crippen molar-refractivity contribution in [1.29, 1.82) is 0 Å². The summed E-state index contributed by atoms with van der Waals surface area (Å²) in [4.78, 5) is 25.7. The van der Waals surface area contributed by atoms with E-state index in [2.05, 4.69) is 5.16 Å². The monoisotopic (exact) mass is 388 g/mol. The Bertz CT molecular complexity index is 992. The summed E-state index contributed by atoms with van der Waals surface area (Å²) >= 11 is 5.97. The van der Waals surface area contributed by atoms with Crippen LogP contribution in [0.25, 0.3) is 11.3 Å². The molecule has 7 nitrogen and oxygen atoms in total. The quantitative estimate of drug-likeness (QED) is 0.615. The maximum atomic E-state index is 12.6. The number of aryl methyl sites for hydroxylation is 1. The summed E-state index contributed by atoms with van der Waals surface area (Å²) < 4.78 is 15.5. The van der Waals surface area contributed by atoms with Crippen LogP contribution in [-0.4, -0.2) is 36.1 Å². The molecule has 1 amide bonds.